The van der Waals surface area contributed by atoms with Gasteiger partial charge in [0.2, 0.25) is 24.1 Å². The zero-order valence-corrected chi connectivity index (χ0v) is 14.4. The van der Waals surface area contributed by atoms with Gasteiger partial charge in [-0.2, -0.15) is 0 Å². The molecular formula is C18H14N4O3S. The van der Waals surface area contributed by atoms with E-state index in [0.29, 0.717) is 22.9 Å². The Hall–Kier alpha value is -3.13. The second kappa shape index (κ2) is 7.01. The molecule has 1 aliphatic rings. The van der Waals surface area contributed by atoms with Crippen LogP contribution >= 0.6 is 11.8 Å². The maximum atomic E-state index is 12.5. The van der Waals surface area contributed by atoms with Crippen molar-refractivity contribution in [3.05, 3.63) is 54.9 Å². The molecular weight excluding hydrogens is 352 g/mol. The van der Waals surface area contributed by atoms with Crippen molar-refractivity contribution in [1.82, 2.24) is 10.2 Å². The first-order chi connectivity index (χ1) is 12.7. The normalized spacial score (nSPS) is 13.4. The van der Waals surface area contributed by atoms with E-state index in [1.165, 1.54) is 23.1 Å². The number of benzene rings is 2. The third kappa shape index (κ3) is 3.31. The van der Waals surface area contributed by atoms with E-state index in [-0.39, 0.29) is 18.4 Å². The van der Waals surface area contributed by atoms with Gasteiger partial charge in [-0.25, -0.2) is 0 Å². The average molecular weight is 366 g/mol. The molecule has 26 heavy (non-hydrogen) atoms. The molecule has 0 saturated heterocycles. The number of carbonyl (C=O) groups excluding carboxylic acids is 2. The molecule has 0 unspecified atom stereocenters. The van der Waals surface area contributed by atoms with Crippen molar-refractivity contribution in [2.75, 3.05) is 22.5 Å². The van der Waals surface area contributed by atoms with Crippen molar-refractivity contribution in [2.24, 2.45) is 0 Å². The molecule has 0 atom stereocenters. The molecule has 4 rings (SSSR count). The number of amides is 2. The SMILES string of the molecule is O=C(CN1C(=O)CSc2ccccc21)Nc1cccc(-c2nnco2)c1. The minimum Gasteiger partial charge on any atom is -0.423 e. The number of hydrogen-bond acceptors (Lipinski definition) is 6. The Morgan fingerprint density at radius 1 is 1.23 bits per heavy atom. The van der Waals surface area contributed by atoms with E-state index in [9.17, 15) is 9.59 Å². The molecule has 0 bridgehead atoms. The summed E-state index contributed by atoms with van der Waals surface area (Å²) >= 11 is 1.49. The standard InChI is InChI=1S/C18H14N4O3S/c23-16(9-22-14-6-1-2-7-15(14)26-10-17(22)24)20-13-5-3-4-12(8-13)18-21-19-11-25-18/h1-8,11H,9-10H2,(H,20,23). The van der Waals surface area contributed by atoms with Crippen molar-refractivity contribution in [2.45, 2.75) is 4.90 Å². The quantitative estimate of drug-likeness (QED) is 0.764. The zero-order chi connectivity index (χ0) is 17.9. The molecule has 0 fully saturated rings. The second-order valence-electron chi connectivity index (χ2n) is 5.61. The van der Waals surface area contributed by atoms with Crippen LogP contribution in [0.3, 0.4) is 0 Å². The lowest BCUT2D eigenvalue weighted by atomic mass is 10.2. The second-order valence-corrected chi connectivity index (χ2v) is 6.63. The highest BCUT2D eigenvalue weighted by Crippen LogP contribution is 2.34. The summed E-state index contributed by atoms with van der Waals surface area (Å²) in [6, 6.07) is 14.7. The maximum absolute atomic E-state index is 12.5. The third-order valence-corrected chi connectivity index (χ3v) is 4.91. The number of nitrogens with one attached hydrogen (secondary N) is 1. The lowest BCUT2D eigenvalue weighted by Gasteiger charge is -2.28. The Bertz CT molecular complexity index is 959. The first-order valence-electron chi connectivity index (χ1n) is 7.89. The van der Waals surface area contributed by atoms with E-state index >= 15 is 0 Å². The van der Waals surface area contributed by atoms with E-state index < -0.39 is 0 Å². The smallest absolute Gasteiger partial charge is 0.247 e. The largest absolute Gasteiger partial charge is 0.423 e. The van der Waals surface area contributed by atoms with Gasteiger partial charge in [-0.1, -0.05) is 18.2 Å². The Morgan fingerprint density at radius 2 is 2.12 bits per heavy atom. The van der Waals surface area contributed by atoms with Crippen LogP contribution in [-0.2, 0) is 9.59 Å². The number of thioether (sulfide) groups is 1. The van der Waals surface area contributed by atoms with Crippen LogP contribution in [0.25, 0.3) is 11.5 Å². The highest BCUT2D eigenvalue weighted by Gasteiger charge is 2.26. The van der Waals surface area contributed by atoms with Crippen molar-refractivity contribution in [3.8, 4) is 11.5 Å². The molecule has 2 heterocycles. The molecule has 2 aromatic carbocycles. The maximum Gasteiger partial charge on any atom is 0.247 e. The summed E-state index contributed by atoms with van der Waals surface area (Å²) in [7, 11) is 0. The monoisotopic (exact) mass is 366 g/mol. The molecule has 8 heteroatoms. The fourth-order valence-electron chi connectivity index (χ4n) is 2.70. The molecule has 0 spiro atoms. The number of rotatable bonds is 4. The van der Waals surface area contributed by atoms with Gasteiger partial charge in [0.05, 0.1) is 11.4 Å². The van der Waals surface area contributed by atoms with Crippen LogP contribution in [0.4, 0.5) is 11.4 Å². The molecule has 0 saturated carbocycles. The van der Waals surface area contributed by atoms with Gasteiger partial charge in [0.25, 0.3) is 0 Å². The van der Waals surface area contributed by atoms with Crippen molar-refractivity contribution >= 4 is 35.0 Å². The number of carbonyl (C=O) groups is 2. The van der Waals surface area contributed by atoms with Gasteiger partial charge in [0.15, 0.2) is 0 Å². The highest BCUT2D eigenvalue weighted by molar-refractivity contribution is 8.00. The van der Waals surface area contributed by atoms with Gasteiger partial charge in [-0.15, -0.1) is 22.0 Å². The topological polar surface area (TPSA) is 88.3 Å². The first-order valence-corrected chi connectivity index (χ1v) is 8.88. The minimum absolute atomic E-state index is 0.0405. The van der Waals surface area contributed by atoms with Gasteiger partial charge >= 0.3 is 0 Å². The molecule has 130 valence electrons. The number of aromatic nitrogens is 2. The van der Waals surface area contributed by atoms with Gasteiger partial charge in [0, 0.05) is 16.1 Å². The van der Waals surface area contributed by atoms with Crippen LogP contribution in [0.15, 0.2) is 64.2 Å². The molecule has 1 aliphatic heterocycles. The van der Waals surface area contributed by atoms with Crippen molar-refractivity contribution in [1.29, 1.82) is 0 Å². The van der Waals surface area contributed by atoms with E-state index in [4.69, 9.17) is 4.42 Å². The molecule has 0 radical (unpaired) electrons. The number of hydrogen-bond donors (Lipinski definition) is 1. The molecule has 3 aromatic rings. The van der Waals surface area contributed by atoms with Crippen LogP contribution < -0.4 is 10.2 Å². The number of para-hydroxylation sites is 1. The fourth-order valence-corrected chi connectivity index (χ4v) is 3.64. The zero-order valence-electron chi connectivity index (χ0n) is 13.6. The summed E-state index contributed by atoms with van der Waals surface area (Å²) in [5, 5.41) is 10.3. The van der Waals surface area contributed by atoms with Gasteiger partial charge in [0.1, 0.15) is 6.54 Å². The summed E-state index contributed by atoms with van der Waals surface area (Å²) in [5.41, 5.74) is 2.07. The van der Waals surface area contributed by atoms with Crippen molar-refractivity contribution in [3.63, 3.8) is 0 Å². The van der Waals surface area contributed by atoms with E-state index in [0.717, 1.165) is 10.6 Å². The minimum atomic E-state index is -0.275. The average Bonchev–Trinajstić information content (AvgIpc) is 3.19. The highest BCUT2D eigenvalue weighted by atomic mass is 32.2. The fraction of sp³-hybridized carbons (Fsp3) is 0.111. The van der Waals surface area contributed by atoms with Crippen molar-refractivity contribution < 1.29 is 14.0 Å². The van der Waals surface area contributed by atoms with Crippen LogP contribution in [-0.4, -0.2) is 34.3 Å². The van der Waals surface area contributed by atoms with Gasteiger partial charge in [-0.3, -0.25) is 9.59 Å². The van der Waals surface area contributed by atoms with Gasteiger partial charge < -0.3 is 14.6 Å². The lowest BCUT2D eigenvalue weighted by molar-refractivity contribution is -0.120. The van der Waals surface area contributed by atoms with E-state index in [1.54, 1.807) is 18.2 Å². The van der Waals surface area contributed by atoms with Crippen LogP contribution in [0.2, 0.25) is 0 Å². The molecule has 1 aromatic heterocycles. The summed E-state index contributed by atoms with van der Waals surface area (Å²) < 4.78 is 5.16. The lowest BCUT2D eigenvalue weighted by Crippen LogP contribution is -2.41. The predicted octanol–water partition coefficient (Wildman–Crippen LogP) is 2.81. The summed E-state index contributed by atoms with van der Waals surface area (Å²) in [6.07, 6.45) is 1.25. The molecule has 1 N–H and O–H groups in total. The van der Waals surface area contributed by atoms with Gasteiger partial charge in [-0.05, 0) is 30.3 Å². The Kier molecular flexibility index (Phi) is 4.40. The number of nitrogens with zero attached hydrogens (tertiary/aromatic N) is 3. The summed E-state index contributed by atoms with van der Waals surface area (Å²) in [4.78, 5) is 27.2. The summed E-state index contributed by atoms with van der Waals surface area (Å²) in [5.74, 6) is 0.348. The van der Waals surface area contributed by atoms with Crippen LogP contribution in [0.5, 0.6) is 0 Å². The first kappa shape index (κ1) is 16.3. The predicted molar refractivity (Wildman–Crippen MR) is 97.9 cm³/mol. The number of anilines is 2. The summed E-state index contributed by atoms with van der Waals surface area (Å²) in [6.45, 7) is -0.0405. The Morgan fingerprint density at radius 3 is 2.96 bits per heavy atom. The van der Waals surface area contributed by atoms with E-state index in [2.05, 4.69) is 15.5 Å². The molecule has 7 nitrogen and oxygen atoms in total. The Balaban J connectivity index is 1.50. The molecule has 0 aliphatic carbocycles. The third-order valence-electron chi connectivity index (χ3n) is 3.86. The Labute approximate surface area is 153 Å². The van der Waals surface area contributed by atoms with E-state index in [1.807, 2.05) is 30.3 Å². The molecule has 2 amide bonds. The number of fused-ring (bicyclic) bond motifs is 1. The van der Waals surface area contributed by atoms with Crippen LogP contribution in [0, 0.1) is 0 Å². The van der Waals surface area contributed by atoms with Crippen LogP contribution in [0.1, 0.15) is 0 Å².